The van der Waals surface area contributed by atoms with Gasteiger partial charge in [-0.1, -0.05) is 44.4 Å². The highest BCUT2D eigenvalue weighted by atomic mass is 16.5. The molecule has 0 saturated heterocycles. The van der Waals surface area contributed by atoms with Crippen molar-refractivity contribution < 1.29 is 14.3 Å². The number of ether oxygens (including phenoxy) is 1. The van der Waals surface area contributed by atoms with Gasteiger partial charge in [-0.25, -0.2) is 0 Å². The summed E-state index contributed by atoms with van der Waals surface area (Å²) in [5.74, 6) is -0.102. The number of carbonyl (C=O) groups excluding carboxylic acids is 2. The third-order valence-electron chi connectivity index (χ3n) is 5.37. The minimum atomic E-state index is -0.380. The maximum atomic E-state index is 13.0. The summed E-state index contributed by atoms with van der Waals surface area (Å²) >= 11 is 0. The van der Waals surface area contributed by atoms with E-state index in [0.29, 0.717) is 19.0 Å². The Morgan fingerprint density at radius 3 is 2.65 bits per heavy atom. The van der Waals surface area contributed by atoms with Crippen LogP contribution < -0.4 is 0 Å². The van der Waals surface area contributed by atoms with Gasteiger partial charge in [-0.15, -0.1) is 0 Å². The summed E-state index contributed by atoms with van der Waals surface area (Å²) in [6.07, 6.45) is 6.07. The predicted octanol–water partition coefficient (Wildman–Crippen LogP) is 3.30. The standard InChI is InChI=1S/C19H25NO3/c1-19(12-17(21)23-2)13-20(14-8-4-3-5-9-14)18(22)15-10-6-7-11-16(15)19/h6-7,10-11,14H,3-5,8-9,12-13H2,1-2H3. The van der Waals surface area contributed by atoms with Crippen molar-refractivity contribution in [3.63, 3.8) is 0 Å². The first kappa shape index (κ1) is 16.0. The summed E-state index contributed by atoms with van der Waals surface area (Å²) in [4.78, 5) is 26.9. The first-order chi connectivity index (χ1) is 11.0. The van der Waals surface area contributed by atoms with Crippen molar-refractivity contribution in [1.29, 1.82) is 0 Å². The molecule has 1 amide bonds. The molecule has 1 aromatic rings. The van der Waals surface area contributed by atoms with Gasteiger partial charge in [0.25, 0.3) is 5.91 Å². The number of carbonyl (C=O) groups is 2. The molecule has 0 aromatic heterocycles. The van der Waals surface area contributed by atoms with Crippen LogP contribution in [0.1, 0.15) is 61.4 Å². The zero-order chi connectivity index (χ0) is 16.4. The summed E-state index contributed by atoms with van der Waals surface area (Å²) in [5.41, 5.74) is 1.34. The van der Waals surface area contributed by atoms with Crippen molar-refractivity contribution >= 4 is 11.9 Å². The Hall–Kier alpha value is -1.84. The maximum absolute atomic E-state index is 13.0. The summed E-state index contributed by atoms with van der Waals surface area (Å²) in [7, 11) is 1.42. The van der Waals surface area contributed by atoms with E-state index in [4.69, 9.17) is 4.74 Å². The third kappa shape index (κ3) is 2.99. The second-order valence-electron chi connectivity index (χ2n) is 7.08. The number of rotatable bonds is 3. The number of amides is 1. The van der Waals surface area contributed by atoms with E-state index in [1.54, 1.807) is 0 Å². The van der Waals surface area contributed by atoms with Gasteiger partial charge < -0.3 is 9.64 Å². The summed E-state index contributed by atoms with van der Waals surface area (Å²) in [6, 6.07) is 8.02. The van der Waals surface area contributed by atoms with Crippen LogP contribution in [0.15, 0.2) is 24.3 Å². The highest BCUT2D eigenvalue weighted by Crippen LogP contribution is 2.39. The van der Waals surface area contributed by atoms with E-state index in [1.165, 1.54) is 26.4 Å². The van der Waals surface area contributed by atoms with E-state index in [0.717, 1.165) is 24.0 Å². The monoisotopic (exact) mass is 315 g/mol. The van der Waals surface area contributed by atoms with E-state index >= 15 is 0 Å². The van der Waals surface area contributed by atoms with Crippen molar-refractivity contribution in [2.45, 2.75) is 56.9 Å². The number of hydrogen-bond acceptors (Lipinski definition) is 3. The molecule has 1 aliphatic heterocycles. The molecule has 0 radical (unpaired) electrons. The number of hydrogen-bond donors (Lipinski definition) is 0. The first-order valence-corrected chi connectivity index (χ1v) is 8.52. The Balaban J connectivity index is 1.97. The lowest BCUT2D eigenvalue weighted by Crippen LogP contribution is -2.53. The van der Waals surface area contributed by atoms with Crippen molar-refractivity contribution in [3.8, 4) is 0 Å². The highest BCUT2D eigenvalue weighted by molar-refractivity contribution is 5.98. The molecule has 23 heavy (non-hydrogen) atoms. The number of esters is 1. The van der Waals surface area contributed by atoms with Gasteiger partial charge in [0.1, 0.15) is 0 Å². The molecule has 1 fully saturated rings. The molecule has 1 heterocycles. The Bertz CT molecular complexity index is 606. The zero-order valence-corrected chi connectivity index (χ0v) is 14.0. The van der Waals surface area contributed by atoms with Crippen LogP contribution in [0, 0.1) is 0 Å². The second-order valence-corrected chi connectivity index (χ2v) is 7.08. The predicted molar refractivity (Wildman–Crippen MR) is 88.3 cm³/mol. The van der Waals surface area contributed by atoms with Gasteiger partial charge in [0.15, 0.2) is 0 Å². The lowest BCUT2D eigenvalue weighted by Gasteiger charge is -2.45. The van der Waals surface area contributed by atoms with Crippen LogP contribution in [0.2, 0.25) is 0 Å². The van der Waals surface area contributed by atoms with Gasteiger partial charge in [0, 0.05) is 23.6 Å². The molecule has 1 aromatic carbocycles. The maximum Gasteiger partial charge on any atom is 0.306 e. The molecule has 0 bridgehead atoms. The van der Waals surface area contributed by atoms with Gasteiger partial charge in [-0.2, -0.15) is 0 Å². The lowest BCUT2D eigenvalue weighted by molar-refractivity contribution is -0.142. The van der Waals surface area contributed by atoms with Crippen LogP contribution in [0.4, 0.5) is 0 Å². The van der Waals surface area contributed by atoms with E-state index in [-0.39, 0.29) is 17.3 Å². The normalized spacial score (nSPS) is 25.1. The molecular formula is C19H25NO3. The van der Waals surface area contributed by atoms with Crippen LogP contribution in [0.5, 0.6) is 0 Å². The molecule has 1 saturated carbocycles. The van der Waals surface area contributed by atoms with Crippen molar-refractivity contribution in [1.82, 2.24) is 4.90 Å². The van der Waals surface area contributed by atoms with Crippen LogP contribution in [0.25, 0.3) is 0 Å². The molecule has 2 aliphatic rings. The second kappa shape index (κ2) is 6.34. The first-order valence-electron chi connectivity index (χ1n) is 8.52. The molecule has 4 heteroatoms. The van der Waals surface area contributed by atoms with Gasteiger partial charge in [0.05, 0.1) is 13.5 Å². The third-order valence-corrected chi connectivity index (χ3v) is 5.37. The van der Waals surface area contributed by atoms with E-state index < -0.39 is 0 Å². The molecule has 1 aliphatic carbocycles. The molecule has 0 spiro atoms. The van der Waals surface area contributed by atoms with Gasteiger partial charge in [-0.05, 0) is 24.5 Å². The topological polar surface area (TPSA) is 46.6 Å². The fraction of sp³-hybridized carbons (Fsp3) is 0.579. The zero-order valence-electron chi connectivity index (χ0n) is 14.0. The van der Waals surface area contributed by atoms with Gasteiger partial charge in [0.2, 0.25) is 0 Å². The van der Waals surface area contributed by atoms with E-state index in [2.05, 4.69) is 6.92 Å². The molecule has 3 rings (SSSR count). The molecule has 1 unspecified atom stereocenters. The van der Waals surface area contributed by atoms with Crippen LogP contribution in [-0.4, -0.2) is 36.5 Å². The molecule has 1 atom stereocenters. The molecular weight excluding hydrogens is 290 g/mol. The minimum Gasteiger partial charge on any atom is -0.469 e. The quantitative estimate of drug-likeness (QED) is 0.804. The molecule has 124 valence electrons. The van der Waals surface area contributed by atoms with Crippen LogP contribution in [-0.2, 0) is 14.9 Å². The Morgan fingerprint density at radius 2 is 1.96 bits per heavy atom. The van der Waals surface area contributed by atoms with Crippen molar-refractivity contribution in [2.75, 3.05) is 13.7 Å². The minimum absolute atomic E-state index is 0.120. The fourth-order valence-corrected chi connectivity index (χ4v) is 4.11. The average Bonchev–Trinajstić information content (AvgIpc) is 2.59. The number of fused-ring (bicyclic) bond motifs is 1. The molecule has 4 nitrogen and oxygen atoms in total. The summed E-state index contributed by atoms with van der Waals surface area (Å²) in [5, 5.41) is 0. The smallest absolute Gasteiger partial charge is 0.306 e. The van der Waals surface area contributed by atoms with E-state index in [9.17, 15) is 9.59 Å². The molecule has 0 N–H and O–H groups in total. The van der Waals surface area contributed by atoms with Crippen LogP contribution >= 0.6 is 0 Å². The summed E-state index contributed by atoms with van der Waals surface area (Å²) < 4.78 is 4.90. The summed E-state index contributed by atoms with van der Waals surface area (Å²) in [6.45, 7) is 2.67. The van der Waals surface area contributed by atoms with E-state index in [1.807, 2.05) is 29.2 Å². The SMILES string of the molecule is COC(=O)CC1(C)CN(C2CCCCC2)C(=O)c2ccccc21. The van der Waals surface area contributed by atoms with Crippen molar-refractivity contribution in [3.05, 3.63) is 35.4 Å². The lowest BCUT2D eigenvalue weighted by atomic mass is 9.73. The Kier molecular flexibility index (Phi) is 4.42. The van der Waals surface area contributed by atoms with Gasteiger partial charge in [-0.3, -0.25) is 9.59 Å². The number of nitrogens with zero attached hydrogens (tertiary/aromatic N) is 1. The highest BCUT2D eigenvalue weighted by Gasteiger charge is 2.43. The van der Waals surface area contributed by atoms with Crippen LogP contribution in [0.3, 0.4) is 0 Å². The average molecular weight is 315 g/mol. The van der Waals surface area contributed by atoms with Crippen molar-refractivity contribution in [2.24, 2.45) is 0 Å². The fourth-order valence-electron chi connectivity index (χ4n) is 4.11. The van der Waals surface area contributed by atoms with Gasteiger partial charge >= 0.3 is 5.97 Å². The number of benzene rings is 1. The largest absolute Gasteiger partial charge is 0.469 e. The Morgan fingerprint density at radius 1 is 1.26 bits per heavy atom. The number of methoxy groups -OCH3 is 1. The Labute approximate surface area is 137 Å².